The number of rotatable bonds is 0. The van der Waals surface area contributed by atoms with Gasteiger partial charge in [0.05, 0.1) is 0 Å². The molecule has 14 heavy (non-hydrogen) atoms. The van der Waals surface area contributed by atoms with Crippen molar-refractivity contribution in [3.8, 4) is 0 Å². The second-order valence-electron chi connectivity index (χ2n) is 4.39. The van der Waals surface area contributed by atoms with E-state index in [4.69, 9.17) is 11.6 Å². The lowest BCUT2D eigenvalue weighted by atomic mass is 9.82. The van der Waals surface area contributed by atoms with E-state index in [9.17, 15) is 0 Å². The zero-order chi connectivity index (χ0) is 9.60. The molecule has 3 rings (SSSR count). The van der Waals surface area contributed by atoms with Crippen LogP contribution in [0.5, 0.6) is 0 Å². The van der Waals surface area contributed by atoms with Crippen LogP contribution < -0.4 is 5.32 Å². The molecule has 3 heteroatoms. The molecule has 0 amide bonds. The van der Waals surface area contributed by atoms with Crippen LogP contribution in [0.15, 0.2) is 12.3 Å². The summed E-state index contributed by atoms with van der Waals surface area (Å²) in [6, 6.07) is 1.95. The van der Waals surface area contributed by atoms with Crippen molar-refractivity contribution in [1.29, 1.82) is 0 Å². The van der Waals surface area contributed by atoms with Gasteiger partial charge in [0.15, 0.2) is 0 Å². The predicted molar refractivity (Wildman–Crippen MR) is 57.9 cm³/mol. The first-order valence-electron chi connectivity index (χ1n) is 5.20. The van der Waals surface area contributed by atoms with Crippen molar-refractivity contribution in [1.82, 2.24) is 4.98 Å². The van der Waals surface area contributed by atoms with Gasteiger partial charge in [-0.25, -0.2) is 4.98 Å². The molecule has 1 saturated carbocycles. The molecule has 2 aliphatic rings. The average Bonchev–Trinajstić information content (AvgIpc) is 2.77. The zero-order valence-corrected chi connectivity index (χ0v) is 8.77. The zero-order valence-electron chi connectivity index (χ0n) is 8.02. The minimum Gasteiger partial charge on any atom is -0.384 e. The Kier molecular flexibility index (Phi) is 1.75. The van der Waals surface area contributed by atoms with Crippen molar-refractivity contribution in [3.63, 3.8) is 0 Å². The second-order valence-corrected chi connectivity index (χ2v) is 4.78. The topological polar surface area (TPSA) is 24.9 Å². The number of hydrogen-bond donors (Lipinski definition) is 1. The molecule has 0 atom stereocenters. The Morgan fingerprint density at radius 1 is 1.36 bits per heavy atom. The van der Waals surface area contributed by atoms with Gasteiger partial charge in [0.1, 0.15) is 5.15 Å². The Balaban J connectivity index is 2.09. The van der Waals surface area contributed by atoms with Crippen LogP contribution in [0.1, 0.15) is 31.2 Å². The van der Waals surface area contributed by atoms with Crippen molar-refractivity contribution in [3.05, 3.63) is 23.0 Å². The number of nitrogens with one attached hydrogen (secondary N) is 1. The summed E-state index contributed by atoms with van der Waals surface area (Å²) in [5.41, 5.74) is 2.97. The highest BCUT2D eigenvalue weighted by Crippen LogP contribution is 2.47. The third-order valence-electron chi connectivity index (χ3n) is 3.62. The van der Waals surface area contributed by atoms with Crippen molar-refractivity contribution in [2.45, 2.75) is 31.1 Å². The molecule has 1 aromatic rings. The quantitative estimate of drug-likeness (QED) is 0.664. The molecule has 0 saturated heterocycles. The molecule has 1 N–H and O–H groups in total. The van der Waals surface area contributed by atoms with Gasteiger partial charge in [0.25, 0.3) is 0 Å². The smallest absolute Gasteiger partial charge is 0.131 e. The second kappa shape index (κ2) is 2.86. The fraction of sp³-hybridized carbons (Fsp3) is 0.545. The predicted octanol–water partition coefficient (Wildman–Crippen LogP) is 2.97. The summed E-state index contributed by atoms with van der Waals surface area (Å²) in [5, 5.41) is 4.04. The number of aromatic nitrogens is 1. The molecule has 74 valence electrons. The maximum Gasteiger partial charge on any atom is 0.131 e. The molecular weight excluding hydrogens is 196 g/mol. The van der Waals surface area contributed by atoms with Crippen LogP contribution in [0.3, 0.4) is 0 Å². The van der Waals surface area contributed by atoms with Crippen molar-refractivity contribution in [2.24, 2.45) is 0 Å². The van der Waals surface area contributed by atoms with Gasteiger partial charge in [0, 0.05) is 29.4 Å². The highest BCUT2D eigenvalue weighted by Gasteiger charge is 2.41. The third-order valence-corrected chi connectivity index (χ3v) is 3.83. The Hall–Kier alpha value is -0.760. The molecule has 0 unspecified atom stereocenters. The lowest BCUT2D eigenvalue weighted by Gasteiger charge is -2.21. The maximum absolute atomic E-state index is 5.87. The van der Waals surface area contributed by atoms with Crippen LogP contribution in [0.4, 0.5) is 5.69 Å². The van der Waals surface area contributed by atoms with E-state index in [0.717, 1.165) is 6.54 Å². The van der Waals surface area contributed by atoms with E-state index < -0.39 is 0 Å². The first-order valence-corrected chi connectivity index (χ1v) is 5.58. The number of halogens is 1. The average molecular weight is 209 g/mol. The van der Waals surface area contributed by atoms with Crippen LogP contribution >= 0.6 is 11.6 Å². The van der Waals surface area contributed by atoms with Crippen LogP contribution in [0, 0.1) is 0 Å². The van der Waals surface area contributed by atoms with Gasteiger partial charge in [-0.1, -0.05) is 24.4 Å². The van der Waals surface area contributed by atoms with Gasteiger partial charge in [0.2, 0.25) is 0 Å². The van der Waals surface area contributed by atoms with Gasteiger partial charge in [-0.3, -0.25) is 0 Å². The number of fused-ring (bicyclic) bond motifs is 2. The van der Waals surface area contributed by atoms with Crippen molar-refractivity contribution in [2.75, 3.05) is 11.9 Å². The van der Waals surface area contributed by atoms with Gasteiger partial charge in [-0.05, 0) is 18.9 Å². The monoisotopic (exact) mass is 208 g/mol. The van der Waals surface area contributed by atoms with Gasteiger partial charge in [-0.15, -0.1) is 0 Å². The van der Waals surface area contributed by atoms with E-state index in [-0.39, 0.29) is 0 Å². The summed E-state index contributed by atoms with van der Waals surface area (Å²) in [5.74, 6) is 0. The van der Waals surface area contributed by atoms with Crippen molar-refractivity contribution >= 4 is 17.3 Å². The third kappa shape index (κ3) is 1.07. The summed E-state index contributed by atoms with van der Waals surface area (Å²) >= 11 is 5.87. The largest absolute Gasteiger partial charge is 0.384 e. The van der Waals surface area contributed by atoms with E-state index in [2.05, 4.69) is 10.3 Å². The first kappa shape index (κ1) is 8.54. The molecule has 2 heterocycles. The number of anilines is 1. The van der Waals surface area contributed by atoms with Crippen LogP contribution in [-0.2, 0) is 5.41 Å². The molecule has 0 bridgehead atoms. The SMILES string of the molecule is Clc1cc2c(cn1)C1(CCCC1)CN2. The van der Waals surface area contributed by atoms with Gasteiger partial charge < -0.3 is 5.32 Å². The Bertz CT molecular complexity index is 370. The van der Waals surface area contributed by atoms with E-state index in [1.165, 1.54) is 36.9 Å². The lowest BCUT2D eigenvalue weighted by Crippen LogP contribution is -2.24. The summed E-state index contributed by atoms with van der Waals surface area (Å²) in [4.78, 5) is 4.20. The Morgan fingerprint density at radius 2 is 2.14 bits per heavy atom. The fourth-order valence-electron chi connectivity index (χ4n) is 2.86. The van der Waals surface area contributed by atoms with E-state index >= 15 is 0 Å². The molecule has 1 aliphatic heterocycles. The standard InChI is InChI=1S/C11H13ClN2/c12-10-5-9-8(6-13-10)11(7-14-9)3-1-2-4-11/h5-6,14H,1-4,7H2. The summed E-state index contributed by atoms with van der Waals surface area (Å²) in [6.07, 6.45) is 7.27. The molecule has 0 aromatic carbocycles. The fourth-order valence-corrected chi connectivity index (χ4v) is 3.01. The van der Waals surface area contributed by atoms with Crippen molar-refractivity contribution < 1.29 is 0 Å². The summed E-state index contributed by atoms with van der Waals surface area (Å²) in [7, 11) is 0. The van der Waals surface area contributed by atoms with Crippen LogP contribution in [0.25, 0.3) is 0 Å². The van der Waals surface area contributed by atoms with Crippen LogP contribution in [-0.4, -0.2) is 11.5 Å². The maximum atomic E-state index is 5.87. The molecule has 1 aromatic heterocycles. The highest BCUT2D eigenvalue weighted by molar-refractivity contribution is 6.29. The minimum atomic E-state index is 0.382. The first-order chi connectivity index (χ1) is 6.80. The normalized spacial score (nSPS) is 22.4. The molecule has 1 aliphatic carbocycles. The molecular formula is C11H13ClN2. The number of nitrogens with zero attached hydrogens (tertiary/aromatic N) is 1. The van der Waals surface area contributed by atoms with E-state index in [1.807, 2.05) is 12.3 Å². The Labute approximate surface area is 88.7 Å². The number of hydrogen-bond acceptors (Lipinski definition) is 2. The van der Waals surface area contributed by atoms with Gasteiger partial charge in [-0.2, -0.15) is 0 Å². The molecule has 2 nitrogen and oxygen atoms in total. The lowest BCUT2D eigenvalue weighted by molar-refractivity contribution is 0.488. The van der Waals surface area contributed by atoms with Crippen LogP contribution in [0.2, 0.25) is 5.15 Å². The van der Waals surface area contributed by atoms with E-state index in [1.54, 1.807) is 0 Å². The molecule has 1 fully saturated rings. The number of pyridine rings is 1. The molecule has 0 radical (unpaired) electrons. The highest BCUT2D eigenvalue weighted by atomic mass is 35.5. The summed E-state index contributed by atoms with van der Waals surface area (Å²) < 4.78 is 0. The minimum absolute atomic E-state index is 0.382. The molecule has 1 spiro atoms. The van der Waals surface area contributed by atoms with Gasteiger partial charge >= 0.3 is 0 Å². The van der Waals surface area contributed by atoms with E-state index in [0.29, 0.717) is 10.6 Å². The Morgan fingerprint density at radius 3 is 2.93 bits per heavy atom. The summed E-state index contributed by atoms with van der Waals surface area (Å²) in [6.45, 7) is 1.07.